The fourth-order valence-corrected chi connectivity index (χ4v) is 3.03. The van der Waals surface area contributed by atoms with Gasteiger partial charge in [0.15, 0.2) is 0 Å². The molecule has 2 aliphatic heterocycles. The van der Waals surface area contributed by atoms with E-state index in [1.807, 2.05) is 4.90 Å². The van der Waals surface area contributed by atoms with E-state index in [0.717, 1.165) is 25.8 Å². The molecule has 1 aromatic heterocycles. The molecule has 0 aliphatic carbocycles. The lowest BCUT2D eigenvalue weighted by Gasteiger charge is -2.26. The highest BCUT2D eigenvalue weighted by atomic mass is 35.5. The molecule has 0 saturated carbocycles. The van der Waals surface area contributed by atoms with Gasteiger partial charge in [-0.05, 0) is 12.8 Å². The monoisotopic (exact) mass is 310 g/mol. The largest absolute Gasteiger partial charge is 0.487 e. The fourth-order valence-electron chi connectivity index (χ4n) is 2.86. The van der Waals surface area contributed by atoms with Crippen LogP contribution in [0.5, 0.6) is 5.75 Å². The lowest BCUT2D eigenvalue weighted by Crippen LogP contribution is -2.38. The number of halogens is 1. The lowest BCUT2D eigenvalue weighted by atomic mass is 9.99. The van der Waals surface area contributed by atoms with Crippen LogP contribution in [0.4, 0.5) is 0 Å². The van der Waals surface area contributed by atoms with E-state index < -0.39 is 0 Å². The fraction of sp³-hybridized carbons (Fsp3) is 0.600. The summed E-state index contributed by atoms with van der Waals surface area (Å²) in [6, 6.07) is 1.76. The molecule has 5 nitrogen and oxygen atoms in total. The van der Waals surface area contributed by atoms with Crippen molar-refractivity contribution in [1.82, 2.24) is 9.88 Å². The first kappa shape index (κ1) is 14.6. The minimum Gasteiger partial charge on any atom is -0.487 e. The number of ether oxygens (including phenoxy) is 2. The first-order valence-electron chi connectivity index (χ1n) is 7.37. The first-order valence-corrected chi connectivity index (χ1v) is 7.74. The Morgan fingerprint density at radius 2 is 2.19 bits per heavy atom. The maximum atomic E-state index is 12.4. The molecular weight excluding hydrogens is 292 g/mol. The van der Waals surface area contributed by atoms with E-state index in [9.17, 15) is 4.79 Å². The van der Waals surface area contributed by atoms with Crippen LogP contribution in [0.3, 0.4) is 0 Å². The predicted molar refractivity (Wildman–Crippen MR) is 78.4 cm³/mol. The summed E-state index contributed by atoms with van der Waals surface area (Å²) in [6.45, 7) is 2.77. The molecule has 21 heavy (non-hydrogen) atoms. The van der Waals surface area contributed by atoms with Gasteiger partial charge in [0.25, 0.3) is 0 Å². The molecule has 2 fully saturated rings. The zero-order valence-corrected chi connectivity index (χ0v) is 12.6. The summed E-state index contributed by atoms with van der Waals surface area (Å²) in [7, 11) is 0. The van der Waals surface area contributed by atoms with Gasteiger partial charge in [0.05, 0.1) is 6.54 Å². The van der Waals surface area contributed by atoms with Gasteiger partial charge in [0, 0.05) is 50.6 Å². The van der Waals surface area contributed by atoms with Crippen LogP contribution in [0.15, 0.2) is 18.5 Å². The summed E-state index contributed by atoms with van der Waals surface area (Å²) < 4.78 is 11.2. The minimum absolute atomic E-state index is 0.00805. The zero-order valence-electron chi connectivity index (χ0n) is 11.8. The topological polar surface area (TPSA) is 51.7 Å². The Balaban J connectivity index is 1.55. The van der Waals surface area contributed by atoms with Crippen LogP contribution in [-0.4, -0.2) is 48.2 Å². The minimum atomic E-state index is 0.00805. The third kappa shape index (κ3) is 3.47. The summed E-state index contributed by atoms with van der Waals surface area (Å²) >= 11 is 6.04. The SMILES string of the molecule is O=C(C1CCOCC1)N1CC[C@H](Oc2ccncc2Cl)C1. The number of nitrogens with zero attached hydrogens (tertiary/aromatic N) is 2. The Morgan fingerprint density at radius 1 is 1.38 bits per heavy atom. The van der Waals surface area contributed by atoms with E-state index in [0.29, 0.717) is 30.5 Å². The molecule has 114 valence electrons. The Morgan fingerprint density at radius 3 is 2.95 bits per heavy atom. The number of carbonyl (C=O) groups is 1. The molecular formula is C15H19ClN2O3. The van der Waals surface area contributed by atoms with Crippen LogP contribution in [0.2, 0.25) is 5.02 Å². The van der Waals surface area contributed by atoms with Gasteiger partial charge in [-0.3, -0.25) is 9.78 Å². The molecule has 0 spiro atoms. The van der Waals surface area contributed by atoms with Gasteiger partial charge in [-0.2, -0.15) is 0 Å². The van der Waals surface area contributed by atoms with Crippen molar-refractivity contribution in [2.75, 3.05) is 26.3 Å². The zero-order chi connectivity index (χ0) is 14.7. The standard InChI is InChI=1S/C15H19ClN2O3/c16-13-9-17-5-1-14(13)21-12-2-6-18(10-12)15(19)11-3-7-20-8-4-11/h1,5,9,11-12H,2-4,6-8,10H2/t12-/m0/s1. The molecule has 1 atom stereocenters. The summed E-state index contributed by atoms with van der Waals surface area (Å²) in [6.07, 6.45) is 5.73. The number of carbonyl (C=O) groups excluding carboxylic acids is 1. The highest BCUT2D eigenvalue weighted by molar-refractivity contribution is 6.31. The van der Waals surface area contributed by atoms with Gasteiger partial charge in [-0.15, -0.1) is 0 Å². The summed E-state index contributed by atoms with van der Waals surface area (Å²) in [5, 5.41) is 0.506. The van der Waals surface area contributed by atoms with Gasteiger partial charge in [0.2, 0.25) is 5.91 Å². The van der Waals surface area contributed by atoms with Crippen LogP contribution >= 0.6 is 11.6 Å². The number of pyridine rings is 1. The van der Waals surface area contributed by atoms with E-state index in [4.69, 9.17) is 21.1 Å². The van der Waals surface area contributed by atoms with Gasteiger partial charge < -0.3 is 14.4 Å². The Labute approximate surface area is 129 Å². The van der Waals surface area contributed by atoms with Crippen molar-refractivity contribution in [3.05, 3.63) is 23.5 Å². The van der Waals surface area contributed by atoms with Gasteiger partial charge in [-0.25, -0.2) is 0 Å². The number of amides is 1. The highest BCUT2D eigenvalue weighted by Gasteiger charge is 2.32. The van der Waals surface area contributed by atoms with E-state index in [-0.39, 0.29) is 17.9 Å². The van der Waals surface area contributed by atoms with Crippen molar-refractivity contribution in [2.24, 2.45) is 5.92 Å². The second-order valence-corrected chi connectivity index (χ2v) is 5.91. The van der Waals surface area contributed by atoms with Crippen molar-refractivity contribution >= 4 is 17.5 Å². The second-order valence-electron chi connectivity index (χ2n) is 5.51. The molecule has 1 amide bonds. The van der Waals surface area contributed by atoms with E-state index in [2.05, 4.69) is 4.98 Å². The number of rotatable bonds is 3. The van der Waals surface area contributed by atoms with Crippen LogP contribution in [0.25, 0.3) is 0 Å². The molecule has 1 aromatic rings. The summed E-state index contributed by atoms with van der Waals surface area (Å²) in [5.41, 5.74) is 0. The summed E-state index contributed by atoms with van der Waals surface area (Å²) in [5.74, 6) is 0.990. The maximum absolute atomic E-state index is 12.4. The first-order chi connectivity index (χ1) is 10.2. The van der Waals surface area contributed by atoms with Crippen molar-refractivity contribution < 1.29 is 14.3 Å². The number of aromatic nitrogens is 1. The second kappa shape index (κ2) is 6.62. The number of likely N-dealkylation sites (tertiary alicyclic amines) is 1. The maximum Gasteiger partial charge on any atom is 0.225 e. The smallest absolute Gasteiger partial charge is 0.225 e. The molecule has 0 bridgehead atoms. The molecule has 0 radical (unpaired) electrons. The summed E-state index contributed by atoms with van der Waals surface area (Å²) in [4.78, 5) is 18.3. The Kier molecular flexibility index (Phi) is 4.60. The normalized spacial score (nSPS) is 23.3. The molecule has 0 aromatic carbocycles. The third-order valence-corrected chi connectivity index (χ3v) is 4.34. The quantitative estimate of drug-likeness (QED) is 0.858. The molecule has 0 N–H and O–H groups in total. The van der Waals surface area contributed by atoms with Crippen molar-refractivity contribution in [2.45, 2.75) is 25.4 Å². The van der Waals surface area contributed by atoms with Crippen LogP contribution in [-0.2, 0) is 9.53 Å². The van der Waals surface area contributed by atoms with E-state index >= 15 is 0 Å². The molecule has 3 heterocycles. The predicted octanol–water partition coefficient (Wildman–Crippen LogP) is 2.14. The number of hydrogen-bond donors (Lipinski definition) is 0. The van der Waals surface area contributed by atoms with E-state index in [1.165, 1.54) is 0 Å². The van der Waals surface area contributed by atoms with Crippen molar-refractivity contribution in [3.8, 4) is 5.75 Å². The van der Waals surface area contributed by atoms with E-state index in [1.54, 1.807) is 18.5 Å². The van der Waals surface area contributed by atoms with Crippen LogP contribution < -0.4 is 4.74 Å². The molecule has 3 rings (SSSR count). The Hall–Kier alpha value is -1.33. The van der Waals surface area contributed by atoms with Gasteiger partial charge in [0.1, 0.15) is 16.9 Å². The third-order valence-electron chi connectivity index (χ3n) is 4.06. The lowest BCUT2D eigenvalue weighted by molar-refractivity contribution is -0.137. The van der Waals surface area contributed by atoms with Crippen molar-refractivity contribution in [1.29, 1.82) is 0 Å². The van der Waals surface area contributed by atoms with Gasteiger partial charge >= 0.3 is 0 Å². The molecule has 2 aliphatic rings. The average Bonchev–Trinajstić information content (AvgIpc) is 2.98. The molecule has 2 saturated heterocycles. The average molecular weight is 311 g/mol. The molecule has 6 heteroatoms. The number of hydrogen-bond acceptors (Lipinski definition) is 4. The van der Waals surface area contributed by atoms with Crippen LogP contribution in [0, 0.1) is 5.92 Å². The highest BCUT2D eigenvalue weighted by Crippen LogP contribution is 2.27. The molecule has 0 unspecified atom stereocenters. The van der Waals surface area contributed by atoms with Gasteiger partial charge in [-0.1, -0.05) is 11.6 Å². The van der Waals surface area contributed by atoms with Crippen LogP contribution in [0.1, 0.15) is 19.3 Å². The van der Waals surface area contributed by atoms with Crippen molar-refractivity contribution in [3.63, 3.8) is 0 Å². The Bertz CT molecular complexity index is 505.